The summed E-state index contributed by atoms with van der Waals surface area (Å²) < 4.78 is 0. The second-order valence-corrected chi connectivity index (χ2v) is 4.55. The molecule has 94 valence electrons. The molecule has 0 aliphatic carbocycles. The minimum Gasteiger partial charge on any atom is -0.310 e. The zero-order valence-corrected chi connectivity index (χ0v) is 11.1. The fourth-order valence-electron chi connectivity index (χ4n) is 2.08. The molecule has 0 bridgehead atoms. The first-order valence-corrected chi connectivity index (χ1v) is 6.50. The van der Waals surface area contributed by atoms with Gasteiger partial charge in [0.1, 0.15) is 0 Å². The van der Waals surface area contributed by atoms with E-state index in [1.807, 2.05) is 12.4 Å². The van der Waals surface area contributed by atoms with Crippen molar-refractivity contribution in [3.8, 4) is 0 Å². The van der Waals surface area contributed by atoms with Crippen LogP contribution in [0.1, 0.15) is 36.6 Å². The van der Waals surface area contributed by atoms with Gasteiger partial charge >= 0.3 is 0 Å². The number of benzene rings is 1. The normalized spacial score (nSPS) is 12.3. The molecule has 18 heavy (non-hydrogen) atoms. The van der Waals surface area contributed by atoms with E-state index in [1.54, 1.807) is 0 Å². The molecule has 1 atom stereocenters. The lowest BCUT2D eigenvalue weighted by atomic mass is 10.0. The molecule has 1 heterocycles. The summed E-state index contributed by atoms with van der Waals surface area (Å²) in [5.41, 5.74) is 3.99. The molecule has 0 saturated carbocycles. The lowest BCUT2D eigenvalue weighted by Crippen LogP contribution is -2.17. The Labute approximate surface area is 109 Å². The molecule has 1 unspecified atom stereocenters. The van der Waals surface area contributed by atoms with Crippen LogP contribution in [0.5, 0.6) is 0 Å². The van der Waals surface area contributed by atoms with Crippen molar-refractivity contribution in [2.75, 3.05) is 6.54 Å². The van der Waals surface area contributed by atoms with Crippen molar-refractivity contribution in [2.24, 2.45) is 0 Å². The molecule has 0 spiro atoms. The van der Waals surface area contributed by atoms with Gasteiger partial charge in [0.2, 0.25) is 0 Å². The summed E-state index contributed by atoms with van der Waals surface area (Å²) in [7, 11) is 0. The quantitative estimate of drug-likeness (QED) is 0.867. The van der Waals surface area contributed by atoms with E-state index in [2.05, 4.69) is 60.5 Å². The van der Waals surface area contributed by atoms with Crippen molar-refractivity contribution in [2.45, 2.75) is 26.3 Å². The summed E-state index contributed by atoms with van der Waals surface area (Å²) in [6.07, 6.45) is 4.66. The maximum absolute atomic E-state index is 4.04. The highest BCUT2D eigenvalue weighted by Gasteiger charge is 2.03. The van der Waals surface area contributed by atoms with Gasteiger partial charge in [-0.15, -0.1) is 0 Å². The first-order chi connectivity index (χ1) is 8.79. The van der Waals surface area contributed by atoms with E-state index < -0.39 is 0 Å². The van der Waals surface area contributed by atoms with E-state index in [1.165, 1.54) is 16.7 Å². The van der Waals surface area contributed by atoms with Gasteiger partial charge in [-0.3, -0.25) is 4.98 Å². The number of aromatic nitrogens is 1. The number of rotatable bonds is 5. The van der Waals surface area contributed by atoms with E-state index in [0.29, 0.717) is 6.04 Å². The average Bonchev–Trinajstić information content (AvgIpc) is 2.41. The van der Waals surface area contributed by atoms with E-state index in [9.17, 15) is 0 Å². The number of pyridine rings is 1. The second kappa shape index (κ2) is 6.31. The Hall–Kier alpha value is -1.67. The SMILES string of the molecule is CCNC(C)c1ccc(Cc2ccncc2)cc1. The number of nitrogens with one attached hydrogen (secondary N) is 1. The Kier molecular flexibility index (Phi) is 4.48. The van der Waals surface area contributed by atoms with Gasteiger partial charge in [0.05, 0.1) is 0 Å². The van der Waals surface area contributed by atoms with Crippen LogP contribution >= 0.6 is 0 Å². The Balaban J connectivity index is 2.04. The van der Waals surface area contributed by atoms with Gasteiger partial charge in [0, 0.05) is 18.4 Å². The molecule has 0 radical (unpaired) electrons. The third kappa shape index (κ3) is 3.41. The minimum atomic E-state index is 0.421. The van der Waals surface area contributed by atoms with E-state index in [0.717, 1.165) is 13.0 Å². The molecule has 2 nitrogen and oxygen atoms in total. The summed E-state index contributed by atoms with van der Waals surface area (Å²) in [5, 5.41) is 3.42. The van der Waals surface area contributed by atoms with Gasteiger partial charge in [-0.25, -0.2) is 0 Å². The van der Waals surface area contributed by atoms with Crippen LogP contribution in [-0.4, -0.2) is 11.5 Å². The van der Waals surface area contributed by atoms with Crippen LogP contribution in [0.3, 0.4) is 0 Å². The molecular weight excluding hydrogens is 220 g/mol. The fourth-order valence-corrected chi connectivity index (χ4v) is 2.08. The smallest absolute Gasteiger partial charge is 0.0291 e. The van der Waals surface area contributed by atoms with Crippen molar-refractivity contribution in [3.05, 3.63) is 65.5 Å². The molecule has 0 aliphatic rings. The van der Waals surface area contributed by atoms with Gasteiger partial charge < -0.3 is 5.32 Å². The van der Waals surface area contributed by atoms with E-state index >= 15 is 0 Å². The van der Waals surface area contributed by atoms with Crippen molar-refractivity contribution in [3.63, 3.8) is 0 Å². The molecule has 0 aliphatic heterocycles. The summed E-state index contributed by atoms with van der Waals surface area (Å²) in [6, 6.07) is 13.4. The summed E-state index contributed by atoms with van der Waals surface area (Å²) in [6.45, 7) is 5.33. The zero-order valence-electron chi connectivity index (χ0n) is 11.1. The topological polar surface area (TPSA) is 24.9 Å². The lowest BCUT2D eigenvalue weighted by molar-refractivity contribution is 0.598. The molecule has 1 aromatic heterocycles. The van der Waals surface area contributed by atoms with Crippen LogP contribution in [0.15, 0.2) is 48.8 Å². The van der Waals surface area contributed by atoms with E-state index in [4.69, 9.17) is 0 Å². The highest BCUT2D eigenvalue weighted by molar-refractivity contribution is 5.29. The van der Waals surface area contributed by atoms with Crippen LogP contribution in [0.2, 0.25) is 0 Å². The van der Waals surface area contributed by atoms with Crippen LogP contribution in [0, 0.1) is 0 Å². The maximum atomic E-state index is 4.04. The second-order valence-electron chi connectivity index (χ2n) is 4.55. The zero-order chi connectivity index (χ0) is 12.8. The minimum absolute atomic E-state index is 0.421. The monoisotopic (exact) mass is 240 g/mol. The Morgan fingerprint density at radius 2 is 1.61 bits per heavy atom. The molecular formula is C16H20N2. The number of nitrogens with zero attached hydrogens (tertiary/aromatic N) is 1. The molecule has 0 saturated heterocycles. The number of hydrogen-bond acceptors (Lipinski definition) is 2. The van der Waals surface area contributed by atoms with Gasteiger partial charge in [0.25, 0.3) is 0 Å². The van der Waals surface area contributed by atoms with Crippen LogP contribution in [-0.2, 0) is 6.42 Å². The maximum Gasteiger partial charge on any atom is 0.0291 e. The van der Waals surface area contributed by atoms with Gasteiger partial charge in [-0.05, 0) is 48.7 Å². The standard InChI is InChI=1S/C16H20N2/c1-3-18-13(2)16-6-4-14(5-7-16)12-15-8-10-17-11-9-15/h4-11,13,18H,3,12H2,1-2H3. The molecule has 0 fully saturated rings. The highest BCUT2D eigenvalue weighted by atomic mass is 14.9. The molecule has 1 N–H and O–H groups in total. The van der Waals surface area contributed by atoms with Crippen molar-refractivity contribution >= 4 is 0 Å². The summed E-state index contributed by atoms with van der Waals surface area (Å²) in [5.74, 6) is 0. The van der Waals surface area contributed by atoms with Crippen LogP contribution in [0.4, 0.5) is 0 Å². The Morgan fingerprint density at radius 1 is 1.00 bits per heavy atom. The summed E-state index contributed by atoms with van der Waals surface area (Å²) in [4.78, 5) is 4.04. The van der Waals surface area contributed by atoms with Crippen molar-refractivity contribution < 1.29 is 0 Å². The molecule has 2 rings (SSSR count). The predicted octanol–water partition coefficient (Wildman–Crippen LogP) is 3.34. The third-order valence-corrected chi connectivity index (χ3v) is 3.15. The third-order valence-electron chi connectivity index (χ3n) is 3.15. The molecule has 2 aromatic rings. The average molecular weight is 240 g/mol. The van der Waals surface area contributed by atoms with Gasteiger partial charge in [-0.2, -0.15) is 0 Å². The highest BCUT2D eigenvalue weighted by Crippen LogP contribution is 2.15. The largest absolute Gasteiger partial charge is 0.310 e. The molecule has 1 aromatic carbocycles. The number of hydrogen-bond donors (Lipinski definition) is 1. The van der Waals surface area contributed by atoms with Gasteiger partial charge in [0.15, 0.2) is 0 Å². The lowest BCUT2D eigenvalue weighted by Gasteiger charge is -2.13. The Bertz CT molecular complexity index is 462. The van der Waals surface area contributed by atoms with Crippen LogP contribution in [0.25, 0.3) is 0 Å². The van der Waals surface area contributed by atoms with Crippen molar-refractivity contribution in [1.82, 2.24) is 10.3 Å². The van der Waals surface area contributed by atoms with Crippen molar-refractivity contribution in [1.29, 1.82) is 0 Å². The van der Waals surface area contributed by atoms with E-state index in [-0.39, 0.29) is 0 Å². The first kappa shape index (κ1) is 12.8. The fraction of sp³-hybridized carbons (Fsp3) is 0.312. The molecule has 2 heteroatoms. The Morgan fingerprint density at radius 3 is 2.22 bits per heavy atom. The van der Waals surface area contributed by atoms with Gasteiger partial charge in [-0.1, -0.05) is 31.2 Å². The molecule has 0 amide bonds. The summed E-state index contributed by atoms with van der Waals surface area (Å²) >= 11 is 0. The first-order valence-electron chi connectivity index (χ1n) is 6.50. The predicted molar refractivity (Wildman–Crippen MR) is 75.6 cm³/mol. The van der Waals surface area contributed by atoms with Crippen LogP contribution < -0.4 is 5.32 Å².